The highest BCUT2D eigenvalue weighted by atomic mass is 16.1. The monoisotopic (exact) mass is 340 g/mol. The van der Waals surface area contributed by atoms with Gasteiger partial charge in [-0.05, 0) is 36.6 Å². The summed E-state index contributed by atoms with van der Waals surface area (Å²) in [5, 5.41) is 18.9. The molecule has 26 heavy (non-hydrogen) atoms. The Morgan fingerprint density at radius 1 is 0.885 bits per heavy atom. The Balaban J connectivity index is 2.30. The number of nitrogen functional groups attached to an aromatic ring is 1. The quantitative estimate of drug-likeness (QED) is 0.742. The first-order valence-electron chi connectivity index (χ1n) is 7.99. The number of nitrogens with zero attached hydrogens (tertiary/aromatic N) is 2. The van der Waals surface area contributed by atoms with Gasteiger partial charge in [-0.2, -0.15) is 10.5 Å². The van der Waals surface area contributed by atoms with Crippen LogP contribution in [0.4, 0.5) is 5.82 Å². The van der Waals surface area contributed by atoms with E-state index in [1.165, 1.54) is 0 Å². The second-order valence-electron chi connectivity index (χ2n) is 6.17. The highest BCUT2D eigenvalue weighted by molar-refractivity contribution is 5.82. The minimum absolute atomic E-state index is 0.0386. The van der Waals surface area contributed by atoms with E-state index >= 15 is 0 Å². The van der Waals surface area contributed by atoms with Gasteiger partial charge in [0.1, 0.15) is 29.1 Å². The smallest absolute Gasteiger partial charge is 0.268 e. The van der Waals surface area contributed by atoms with Gasteiger partial charge in [0.05, 0.1) is 0 Å². The Morgan fingerprint density at radius 2 is 1.50 bits per heavy atom. The van der Waals surface area contributed by atoms with Crippen molar-refractivity contribution in [3.8, 4) is 34.4 Å². The topological polar surface area (TPSA) is 106 Å². The number of nitrogens with one attached hydrogen (secondary N) is 1. The molecular formula is C21H16N4O. The molecular weight excluding hydrogens is 324 g/mol. The average molecular weight is 340 g/mol. The van der Waals surface area contributed by atoms with E-state index in [2.05, 4.69) is 23.2 Å². The van der Waals surface area contributed by atoms with Crippen molar-refractivity contribution >= 4 is 5.82 Å². The Morgan fingerprint density at radius 3 is 2.12 bits per heavy atom. The van der Waals surface area contributed by atoms with E-state index in [0.29, 0.717) is 5.56 Å². The third-order valence-corrected chi connectivity index (χ3v) is 4.17. The van der Waals surface area contributed by atoms with E-state index in [9.17, 15) is 15.3 Å². The molecule has 5 nitrogen and oxygen atoms in total. The highest BCUT2D eigenvalue weighted by Gasteiger charge is 2.18. The molecule has 0 fully saturated rings. The van der Waals surface area contributed by atoms with Gasteiger partial charge in [-0.1, -0.05) is 47.5 Å². The minimum Gasteiger partial charge on any atom is -0.384 e. The second-order valence-corrected chi connectivity index (χ2v) is 6.17. The Hall–Kier alpha value is -3.83. The lowest BCUT2D eigenvalue weighted by Gasteiger charge is -2.11. The molecule has 1 heterocycles. The Bertz CT molecular complexity index is 1140. The van der Waals surface area contributed by atoms with E-state index in [0.717, 1.165) is 22.3 Å². The highest BCUT2D eigenvalue weighted by Crippen LogP contribution is 2.31. The second kappa shape index (κ2) is 6.58. The summed E-state index contributed by atoms with van der Waals surface area (Å²) in [7, 11) is 0. The minimum atomic E-state index is -0.601. The fourth-order valence-corrected chi connectivity index (χ4v) is 3.13. The van der Waals surface area contributed by atoms with Crippen LogP contribution in [0.15, 0.2) is 47.3 Å². The lowest BCUT2D eigenvalue weighted by Crippen LogP contribution is -2.16. The lowest BCUT2D eigenvalue weighted by molar-refractivity contribution is 1.21. The summed E-state index contributed by atoms with van der Waals surface area (Å²) in [5.41, 5.74) is 10.3. The SMILES string of the molecule is Cc1cc(C)cc(-c2cccc(-c3c(C#N)c(N)[nH]c(=O)c3C#N)c2)c1. The van der Waals surface area contributed by atoms with Gasteiger partial charge in [0.15, 0.2) is 0 Å². The van der Waals surface area contributed by atoms with Crippen LogP contribution in [0.25, 0.3) is 22.3 Å². The molecule has 1 aromatic heterocycles. The molecule has 0 radical (unpaired) electrons. The maximum atomic E-state index is 12.1. The molecule has 0 atom stereocenters. The normalized spacial score (nSPS) is 10.2. The van der Waals surface area contributed by atoms with Crippen LogP contribution in [-0.4, -0.2) is 4.98 Å². The van der Waals surface area contributed by atoms with Crippen molar-refractivity contribution in [2.45, 2.75) is 13.8 Å². The van der Waals surface area contributed by atoms with Gasteiger partial charge < -0.3 is 10.7 Å². The number of nitrogens with two attached hydrogens (primary N) is 1. The summed E-state index contributed by atoms with van der Waals surface area (Å²) < 4.78 is 0. The number of rotatable bonds is 2. The van der Waals surface area contributed by atoms with Gasteiger partial charge in [0.25, 0.3) is 5.56 Å². The fourth-order valence-electron chi connectivity index (χ4n) is 3.13. The lowest BCUT2D eigenvalue weighted by atomic mass is 9.93. The first-order valence-corrected chi connectivity index (χ1v) is 7.99. The molecule has 2 aromatic carbocycles. The summed E-state index contributed by atoms with van der Waals surface area (Å²) >= 11 is 0. The zero-order valence-electron chi connectivity index (χ0n) is 14.4. The van der Waals surface area contributed by atoms with Crippen LogP contribution in [0.5, 0.6) is 0 Å². The number of nitriles is 2. The first-order chi connectivity index (χ1) is 12.4. The first kappa shape index (κ1) is 17.0. The van der Waals surface area contributed by atoms with Crippen LogP contribution in [0.2, 0.25) is 0 Å². The number of anilines is 1. The van der Waals surface area contributed by atoms with Crippen molar-refractivity contribution < 1.29 is 0 Å². The molecule has 0 saturated carbocycles. The van der Waals surface area contributed by atoms with Crippen molar-refractivity contribution in [3.05, 3.63) is 75.1 Å². The van der Waals surface area contributed by atoms with Gasteiger partial charge in [-0.3, -0.25) is 4.79 Å². The summed E-state index contributed by atoms with van der Waals surface area (Å²) in [5.74, 6) is -0.0386. The van der Waals surface area contributed by atoms with Crippen molar-refractivity contribution in [2.24, 2.45) is 0 Å². The molecule has 0 saturated heterocycles. The van der Waals surface area contributed by atoms with Gasteiger partial charge in [-0.15, -0.1) is 0 Å². The molecule has 5 heteroatoms. The van der Waals surface area contributed by atoms with Crippen molar-refractivity contribution in [3.63, 3.8) is 0 Å². The average Bonchev–Trinajstić information content (AvgIpc) is 2.60. The molecule has 0 aliphatic rings. The summed E-state index contributed by atoms with van der Waals surface area (Å²) in [6.07, 6.45) is 0. The van der Waals surface area contributed by atoms with Crippen LogP contribution in [0, 0.1) is 36.5 Å². The fraction of sp³-hybridized carbons (Fsp3) is 0.0952. The molecule has 3 N–H and O–H groups in total. The number of H-pyrrole nitrogens is 1. The number of aromatic nitrogens is 1. The van der Waals surface area contributed by atoms with Gasteiger partial charge >= 0.3 is 0 Å². The van der Waals surface area contributed by atoms with Crippen molar-refractivity contribution in [2.75, 3.05) is 5.73 Å². The van der Waals surface area contributed by atoms with Crippen LogP contribution in [-0.2, 0) is 0 Å². The Kier molecular flexibility index (Phi) is 4.31. The zero-order chi connectivity index (χ0) is 18.8. The molecule has 3 rings (SSSR count). The predicted octanol–water partition coefficient (Wildman–Crippen LogP) is 3.65. The van der Waals surface area contributed by atoms with Crippen LogP contribution in [0.3, 0.4) is 0 Å². The molecule has 0 bridgehead atoms. The zero-order valence-corrected chi connectivity index (χ0v) is 14.4. The maximum absolute atomic E-state index is 12.1. The van der Waals surface area contributed by atoms with Gasteiger partial charge in [0, 0.05) is 5.56 Å². The van der Waals surface area contributed by atoms with Crippen LogP contribution in [0.1, 0.15) is 22.3 Å². The number of pyridine rings is 1. The van der Waals surface area contributed by atoms with E-state index < -0.39 is 5.56 Å². The number of benzene rings is 2. The standard InChI is InChI=1S/C21H16N4O/c1-12-6-13(2)8-16(7-12)14-4-3-5-15(9-14)19-17(10-22)20(24)25-21(26)18(19)11-23/h3-9H,1-2H3,(H3,24,25,26). The van der Waals surface area contributed by atoms with E-state index in [1.807, 2.05) is 44.2 Å². The van der Waals surface area contributed by atoms with E-state index in [1.54, 1.807) is 6.07 Å². The maximum Gasteiger partial charge on any atom is 0.268 e. The van der Waals surface area contributed by atoms with Crippen LogP contribution < -0.4 is 11.3 Å². The molecule has 0 aliphatic heterocycles. The molecule has 3 aromatic rings. The number of aromatic amines is 1. The van der Waals surface area contributed by atoms with Gasteiger partial charge in [-0.25, -0.2) is 0 Å². The summed E-state index contributed by atoms with van der Waals surface area (Å²) in [4.78, 5) is 14.5. The third kappa shape index (κ3) is 2.94. The molecule has 0 spiro atoms. The largest absolute Gasteiger partial charge is 0.384 e. The molecule has 126 valence electrons. The molecule has 0 unspecified atom stereocenters. The summed E-state index contributed by atoms with van der Waals surface area (Å²) in [6.45, 7) is 4.05. The van der Waals surface area contributed by atoms with E-state index in [4.69, 9.17) is 5.73 Å². The van der Waals surface area contributed by atoms with Crippen LogP contribution >= 0.6 is 0 Å². The number of aryl methyl sites for hydroxylation is 2. The number of hydrogen-bond acceptors (Lipinski definition) is 4. The van der Waals surface area contributed by atoms with Gasteiger partial charge in [0.2, 0.25) is 0 Å². The van der Waals surface area contributed by atoms with Crippen molar-refractivity contribution in [1.29, 1.82) is 10.5 Å². The Labute approximate surface area is 151 Å². The predicted molar refractivity (Wildman–Crippen MR) is 101 cm³/mol. The number of hydrogen-bond donors (Lipinski definition) is 2. The van der Waals surface area contributed by atoms with Crippen molar-refractivity contribution in [1.82, 2.24) is 4.98 Å². The van der Waals surface area contributed by atoms with E-state index in [-0.39, 0.29) is 22.5 Å². The summed E-state index contributed by atoms with van der Waals surface area (Å²) in [6, 6.07) is 17.5. The third-order valence-electron chi connectivity index (χ3n) is 4.17. The molecule has 0 aliphatic carbocycles. The molecule has 0 amide bonds.